The summed E-state index contributed by atoms with van der Waals surface area (Å²) in [5.41, 5.74) is 4.72. The molecule has 2 N–H and O–H groups in total. The van der Waals surface area contributed by atoms with Crippen molar-refractivity contribution in [2.45, 2.75) is 11.1 Å². The second-order valence-corrected chi connectivity index (χ2v) is 9.39. The quantitative estimate of drug-likeness (QED) is 0.599. The Bertz CT molecular complexity index is 1290. The van der Waals surface area contributed by atoms with Gasteiger partial charge in [0.25, 0.3) is 0 Å². The van der Waals surface area contributed by atoms with Gasteiger partial charge in [-0.25, -0.2) is 23.4 Å². The van der Waals surface area contributed by atoms with Crippen LogP contribution in [-0.2, 0) is 20.8 Å². The van der Waals surface area contributed by atoms with Crippen LogP contribution in [0.25, 0.3) is 22.5 Å². The third-order valence-electron chi connectivity index (χ3n) is 4.95. The van der Waals surface area contributed by atoms with E-state index in [1.807, 2.05) is 0 Å². The van der Waals surface area contributed by atoms with Gasteiger partial charge in [0.2, 0.25) is 5.95 Å². The molecule has 3 aromatic heterocycles. The van der Waals surface area contributed by atoms with E-state index in [9.17, 15) is 21.6 Å². The first-order valence-corrected chi connectivity index (χ1v) is 11.6. The van der Waals surface area contributed by atoms with Gasteiger partial charge in [-0.3, -0.25) is 4.98 Å². The first-order chi connectivity index (χ1) is 15.5. The van der Waals surface area contributed by atoms with E-state index in [1.54, 1.807) is 4.90 Å². The molecule has 4 heterocycles. The fourth-order valence-electron chi connectivity index (χ4n) is 3.30. The van der Waals surface area contributed by atoms with Crippen LogP contribution in [0.4, 0.5) is 24.9 Å². The summed E-state index contributed by atoms with van der Waals surface area (Å²) in [7, 11) is -3.56. The molecule has 1 aliphatic heterocycles. The van der Waals surface area contributed by atoms with E-state index in [4.69, 9.17) is 10.5 Å². The number of sulfone groups is 1. The third-order valence-corrected chi connectivity index (χ3v) is 6.03. The lowest BCUT2D eigenvalue weighted by atomic mass is 10.0. The van der Waals surface area contributed by atoms with Crippen LogP contribution in [0.1, 0.15) is 5.56 Å². The number of aromatic nitrogens is 4. The lowest BCUT2D eigenvalue weighted by Crippen LogP contribution is -2.37. The Balaban J connectivity index is 1.93. The molecule has 13 heteroatoms. The molecule has 0 amide bonds. The van der Waals surface area contributed by atoms with E-state index in [0.29, 0.717) is 31.9 Å². The first kappa shape index (κ1) is 22.9. The number of anilines is 2. The summed E-state index contributed by atoms with van der Waals surface area (Å²) in [4.78, 5) is 18.4. The summed E-state index contributed by atoms with van der Waals surface area (Å²) >= 11 is 0. The van der Waals surface area contributed by atoms with Gasteiger partial charge in [0.15, 0.2) is 9.84 Å². The molecule has 1 saturated heterocycles. The molecule has 0 saturated carbocycles. The highest BCUT2D eigenvalue weighted by Gasteiger charge is 2.35. The minimum Gasteiger partial charge on any atom is -0.384 e. The lowest BCUT2D eigenvalue weighted by Gasteiger charge is -2.27. The monoisotopic (exact) mass is 480 g/mol. The van der Waals surface area contributed by atoms with E-state index in [1.165, 1.54) is 24.5 Å². The number of nitrogens with zero attached hydrogens (tertiary/aromatic N) is 5. The number of rotatable bonds is 4. The Labute approximate surface area is 187 Å². The van der Waals surface area contributed by atoms with Crippen molar-refractivity contribution >= 4 is 21.6 Å². The second kappa shape index (κ2) is 8.56. The summed E-state index contributed by atoms with van der Waals surface area (Å²) in [6.07, 6.45) is -0.0772. The standard InChI is InChI=1S/C20H19F3N6O3S/c1-33(30,31)13-6-12(9-25-10-13)16-8-17(28-19(27-16)29-2-4-32-5-3-29)14-11-26-18(24)7-15(14)20(21,22)23/h6-11H,2-5H2,1H3,(H2,24,26). The highest BCUT2D eigenvalue weighted by Crippen LogP contribution is 2.38. The summed E-state index contributed by atoms with van der Waals surface area (Å²) < 4.78 is 70.5. The van der Waals surface area contributed by atoms with Gasteiger partial charge in [0.1, 0.15) is 5.82 Å². The number of nitrogens with two attached hydrogens (primary N) is 1. The predicted octanol–water partition coefficient (Wildman–Crippen LogP) is 2.44. The molecule has 0 atom stereocenters. The molecule has 0 unspecified atom stereocenters. The van der Waals surface area contributed by atoms with Gasteiger partial charge in [0, 0.05) is 49.1 Å². The van der Waals surface area contributed by atoms with Gasteiger partial charge < -0.3 is 15.4 Å². The fourth-order valence-corrected chi connectivity index (χ4v) is 3.89. The van der Waals surface area contributed by atoms with E-state index >= 15 is 0 Å². The van der Waals surface area contributed by atoms with Crippen LogP contribution in [0.5, 0.6) is 0 Å². The normalized spacial score (nSPS) is 15.0. The molecule has 0 bridgehead atoms. The number of hydrogen-bond donors (Lipinski definition) is 1. The van der Waals surface area contributed by atoms with Crippen LogP contribution in [0.2, 0.25) is 0 Å². The molecule has 1 aliphatic rings. The van der Waals surface area contributed by atoms with Gasteiger partial charge in [-0.05, 0) is 18.2 Å². The lowest BCUT2D eigenvalue weighted by molar-refractivity contribution is -0.137. The van der Waals surface area contributed by atoms with Crippen molar-refractivity contribution in [2.75, 3.05) is 43.2 Å². The van der Waals surface area contributed by atoms with Crippen LogP contribution in [0.15, 0.2) is 41.7 Å². The van der Waals surface area contributed by atoms with Crippen molar-refractivity contribution in [1.82, 2.24) is 19.9 Å². The molecule has 1 fully saturated rings. The van der Waals surface area contributed by atoms with Crippen molar-refractivity contribution in [3.63, 3.8) is 0 Å². The van der Waals surface area contributed by atoms with E-state index in [-0.39, 0.29) is 33.6 Å². The average molecular weight is 480 g/mol. The summed E-state index contributed by atoms with van der Waals surface area (Å²) in [5, 5.41) is 0. The van der Waals surface area contributed by atoms with Crippen molar-refractivity contribution in [3.05, 3.63) is 42.4 Å². The van der Waals surface area contributed by atoms with Crippen LogP contribution in [0, 0.1) is 0 Å². The van der Waals surface area contributed by atoms with Crippen LogP contribution in [0.3, 0.4) is 0 Å². The molecule has 3 aromatic rings. The molecular weight excluding hydrogens is 461 g/mol. The molecule has 0 aromatic carbocycles. The van der Waals surface area contributed by atoms with Gasteiger partial charge in [-0.15, -0.1) is 0 Å². The maximum Gasteiger partial charge on any atom is 0.417 e. The van der Waals surface area contributed by atoms with Gasteiger partial charge in [-0.2, -0.15) is 13.2 Å². The SMILES string of the molecule is CS(=O)(=O)c1cncc(-c2cc(-c3cnc(N)cc3C(F)(F)F)nc(N3CCOCC3)n2)c1. The number of halogens is 3. The highest BCUT2D eigenvalue weighted by atomic mass is 32.2. The van der Waals surface area contributed by atoms with Gasteiger partial charge in [-0.1, -0.05) is 0 Å². The van der Waals surface area contributed by atoms with Crippen molar-refractivity contribution in [3.8, 4) is 22.5 Å². The van der Waals surface area contributed by atoms with Gasteiger partial charge >= 0.3 is 6.18 Å². The first-order valence-electron chi connectivity index (χ1n) is 9.73. The number of alkyl halides is 3. The maximum absolute atomic E-state index is 13.7. The Morgan fingerprint density at radius 2 is 1.73 bits per heavy atom. The fraction of sp³-hybridized carbons (Fsp3) is 0.300. The van der Waals surface area contributed by atoms with Crippen LogP contribution >= 0.6 is 0 Å². The smallest absolute Gasteiger partial charge is 0.384 e. The molecular formula is C20H19F3N6O3S. The largest absolute Gasteiger partial charge is 0.417 e. The summed E-state index contributed by atoms with van der Waals surface area (Å²) in [6, 6.07) is 3.45. The van der Waals surface area contributed by atoms with Crippen molar-refractivity contribution in [2.24, 2.45) is 0 Å². The number of pyridine rings is 2. The minimum atomic E-state index is -4.70. The maximum atomic E-state index is 13.7. The molecule has 33 heavy (non-hydrogen) atoms. The second-order valence-electron chi connectivity index (χ2n) is 7.37. The zero-order valence-electron chi connectivity index (χ0n) is 17.4. The Morgan fingerprint density at radius 3 is 2.39 bits per heavy atom. The van der Waals surface area contributed by atoms with Gasteiger partial charge in [0.05, 0.1) is 35.1 Å². The Hall–Kier alpha value is -3.32. The summed E-state index contributed by atoms with van der Waals surface area (Å²) in [5.74, 6) is -0.0979. The molecule has 0 aliphatic carbocycles. The number of nitrogen functional groups attached to an aromatic ring is 1. The van der Waals surface area contributed by atoms with E-state index < -0.39 is 21.6 Å². The highest BCUT2D eigenvalue weighted by molar-refractivity contribution is 7.90. The van der Waals surface area contributed by atoms with Crippen molar-refractivity contribution < 1.29 is 26.3 Å². The number of ether oxygens (including phenoxy) is 1. The minimum absolute atomic E-state index is 0.0360. The van der Waals surface area contributed by atoms with E-state index in [2.05, 4.69) is 19.9 Å². The molecule has 174 valence electrons. The number of hydrogen-bond acceptors (Lipinski definition) is 9. The van der Waals surface area contributed by atoms with E-state index in [0.717, 1.165) is 18.5 Å². The predicted molar refractivity (Wildman–Crippen MR) is 114 cm³/mol. The number of morpholine rings is 1. The zero-order chi connectivity index (χ0) is 23.8. The Kier molecular flexibility index (Phi) is 5.93. The Morgan fingerprint density at radius 1 is 1.03 bits per heavy atom. The summed E-state index contributed by atoms with van der Waals surface area (Å²) in [6.45, 7) is 1.70. The average Bonchev–Trinajstić information content (AvgIpc) is 2.78. The zero-order valence-corrected chi connectivity index (χ0v) is 18.2. The van der Waals surface area contributed by atoms with Crippen molar-refractivity contribution in [1.29, 1.82) is 0 Å². The third kappa shape index (κ3) is 5.03. The molecule has 4 rings (SSSR count). The molecule has 0 spiro atoms. The van der Waals surface area contributed by atoms with Crippen LogP contribution in [-0.4, -0.2) is 60.9 Å². The molecule has 9 nitrogen and oxygen atoms in total. The topological polar surface area (TPSA) is 124 Å². The molecule has 0 radical (unpaired) electrons. The van der Waals surface area contributed by atoms with Crippen LogP contribution < -0.4 is 10.6 Å².